The summed E-state index contributed by atoms with van der Waals surface area (Å²) in [6, 6.07) is -0.975. The Balaban J connectivity index is 1.97. The minimum absolute atomic E-state index is 0.000994. The monoisotopic (exact) mass is 1350 g/mol. The molecule has 5 unspecified atom stereocenters. The summed E-state index contributed by atoms with van der Waals surface area (Å²) in [5.74, 6) is -13.1. The van der Waals surface area contributed by atoms with E-state index in [9.17, 15) is 92.7 Å². The highest BCUT2D eigenvalue weighted by molar-refractivity contribution is 5.98. The smallest absolute Gasteiger partial charge is 0.326 e. The van der Waals surface area contributed by atoms with Crippen molar-refractivity contribution < 1.29 is 102 Å². The van der Waals surface area contributed by atoms with Gasteiger partial charge in [0.2, 0.25) is 35.4 Å². The molecule has 1 aromatic rings. The minimum Gasteiger partial charge on any atom is -0.481 e. The Morgan fingerprint density at radius 2 is 1.06 bits per heavy atom. The second-order valence-corrected chi connectivity index (χ2v) is 26.9. The van der Waals surface area contributed by atoms with E-state index in [4.69, 9.17) is 20.9 Å². The molecule has 17 N–H and O–H groups in total. The van der Waals surface area contributed by atoms with Crippen molar-refractivity contribution in [3.05, 3.63) is 29.8 Å². The minimum atomic E-state index is -1.75. The number of ketones is 2. The number of carboxylic acids is 5. The van der Waals surface area contributed by atoms with Crippen LogP contribution in [0.2, 0.25) is 0 Å². The van der Waals surface area contributed by atoms with Crippen LogP contribution in [0.1, 0.15) is 181 Å². The summed E-state index contributed by atoms with van der Waals surface area (Å²) in [4.78, 5) is 178. The number of carbonyl (C=O) groups excluding carboxylic acids is 9. The van der Waals surface area contributed by atoms with Gasteiger partial charge in [0.25, 0.3) is 5.91 Å². The third kappa shape index (κ3) is 33.7. The fourth-order valence-corrected chi connectivity index (χ4v) is 11.2. The average molecular weight is 1350 g/mol. The highest BCUT2D eigenvalue weighted by Crippen LogP contribution is 2.38. The number of nitrogens with two attached hydrogens (primary N) is 2. The number of amides is 7. The fraction of sp³-hybridized carbons (Fsp3) is 0.688. The van der Waals surface area contributed by atoms with Gasteiger partial charge in [-0.25, -0.2) is 4.79 Å². The van der Waals surface area contributed by atoms with E-state index in [-0.39, 0.29) is 69.3 Å². The van der Waals surface area contributed by atoms with E-state index in [0.717, 1.165) is 0 Å². The van der Waals surface area contributed by atoms with Gasteiger partial charge in [0.1, 0.15) is 24.7 Å². The predicted octanol–water partition coefficient (Wildman–Crippen LogP) is 1.56. The van der Waals surface area contributed by atoms with Crippen molar-refractivity contribution in [3.8, 4) is 0 Å². The molecule has 0 bridgehead atoms. The van der Waals surface area contributed by atoms with E-state index in [2.05, 4.69) is 42.5 Å². The number of nitrogen functional groups attached to an aromatic ring is 1. The first-order valence-electron chi connectivity index (χ1n) is 32.0. The number of benzene rings is 1. The number of anilines is 1. The highest BCUT2D eigenvalue weighted by atomic mass is 16.5. The lowest BCUT2D eigenvalue weighted by atomic mass is 9.71. The summed E-state index contributed by atoms with van der Waals surface area (Å²) in [6.07, 6.45) is -0.933. The average Bonchev–Trinajstić information content (AvgIpc) is 0.888. The molecule has 5 atom stereocenters. The van der Waals surface area contributed by atoms with Crippen LogP contribution >= 0.6 is 0 Å². The molecule has 1 aliphatic rings. The molecule has 534 valence electrons. The van der Waals surface area contributed by atoms with E-state index in [1.807, 2.05) is 27.7 Å². The summed E-state index contributed by atoms with van der Waals surface area (Å²) in [5, 5.41) is 69.1. The number of nitrogens with one attached hydrogen (secondary N) is 8. The summed E-state index contributed by atoms with van der Waals surface area (Å²) in [5.41, 5.74) is 8.58. The first kappa shape index (κ1) is 82.9. The van der Waals surface area contributed by atoms with Gasteiger partial charge in [0.15, 0.2) is 11.6 Å². The molecular weight excluding hydrogens is 1240 g/mol. The van der Waals surface area contributed by atoms with Crippen LogP contribution in [-0.4, -0.2) is 196 Å². The maximum atomic E-state index is 14.1. The maximum Gasteiger partial charge on any atom is 0.326 e. The summed E-state index contributed by atoms with van der Waals surface area (Å²) in [6.45, 7) is 13.8. The Kier molecular flexibility index (Phi) is 35.2. The lowest BCUT2D eigenvalue weighted by Gasteiger charge is -2.34. The van der Waals surface area contributed by atoms with Gasteiger partial charge in [-0.05, 0) is 146 Å². The first-order valence-corrected chi connectivity index (χ1v) is 32.0. The SMILES string of the molecule is CC(C)(CC(=O)O)CC(C)(C)CC(=O)NCC1CCC(C(=O)NC(CCC(=O)NC(CCC(=O)O)C(=O)NC(CCC(=O)O)C(=O)NC(CCC(=O)O)C(=O)C(C)(C)NCCOCCOCC(=O)C(C)(C)NC(CCCCNC(=O)c2ccc(N)cc2)C(N)=O)C(=O)O)CC1. The molecule has 2 rings (SSSR count). The van der Waals surface area contributed by atoms with Gasteiger partial charge in [-0.15, -0.1) is 0 Å². The number of rotatable bonds is 49. The van der Waals surface area contributed by atoms with Gasteiger partial charge in [-0.1, -0.05) is 27.7 Å². The number of hydrogen-bond donors (Lipinski definition) is 15. The molecule has 31 heteroatoms. The Morgan fingerprint density at radius 3 is 1.61 bits per heavy atom. The quantitative estimate of drug-likeness (QED) is 0.0325. The molecule has 0 aliphatic heterocycles. The topological polar surface area (TPSA) is 507 Å². The number of aliphatic carboxylic acids is 5. The van der Waals surface area contributed by atoms with Crippen LogP contribution in [0.3, 0.4) is 0 Å². The van der Waals surface area contributed by atoms with Gasteiger partial charge >= 0.3 is 29.8 Å². The van der Waals surface area contributed by atoms with E-state index < -0.39 is 175 Å². The van der Waals surface area contributed by atoms with Crippen molar-refractivity contribution in [3.63, 3.8) is 0 Å². The molecule has 1 fully saturated rings. The van der Waals surface area contributed by atoms with Crippen molar-refractivity contribution in [2.24, 2.45) is 28.4 Å². The first-order chi connectivity index (χ1) is 44.2. The fourth-order valence-electron chi connectivity index (χ4n) is 11.2. The molecule has 0 radical (unpaired) electrons. The molecule has 1 aromatic carbocycles. The number of Topliss-reactive ketones (excluding diaryl/α,β-unsaturated/α-hetero) is 2. The number of hydrogen-bond acceptors (Lipinski definition) is 19. The van der Waals surface area contributed by atoms with E-state index in [1.54, 1.807) is 38.1 Å². The predicted molar refractivity (Wildman–Crippen MR) is 344 cm³/mol. The zero-order valence-corrected chi connectivity index (χ0v) is 56.0. The maximum absolute atomic E-state index is 14.1. The van der Waals surface area contributed by atoms with Gasteiger partial charge in [-0.3, -0.25) is 67.6 Å². The summed E-state index contributed by atoms with van der Waals surface area (Å²) >= 11 is 0. The van der Waals surface area contributed by atoms with Crippen LogP contribution < -0.4 is 54.0 Å². The largest absolute Gasteiger partial charge is 0.481 e. The van der Waals surface area contributed by atoms with Crippen molar-refractivity contribution >= 4 is 88.5 Å². The Bertz CT molecular complexity index is 2800. The van der Waals surface area contributed by atoms with Crippen molar-refractivity contribution in [2.45, 2.75) is 212 Å². The summed E-state index contributed by atoms with van der Waals surface area (Å²) < 4.78 is 11.1. The van der Waals surface area contributed by atoms with Crippen LogP contribution in [0.25, 0.3) is 0 Å². The molecule has 7 amide bonds. The molecule has 0 aromatic heterocycles. The Labute approximate surface area is 553 Å². The Morgan fingerprint density at radius 1 is 0.537 bits per heavy atom. The van der Waals surface area contributed by atoms with E-state index in [1.165, 1.54) is 13.8 Å². The number of carbonyl (C=O) groups is 14. The number of primary amides is 1. The van der Waals surface area contributed by atoms with Crippen molar-refractivity contribution in [1.82, 2.24) is 42.5 Å². The van der Waals surface area contributed by atoms with Crippen LogP contribution in [-0.2, 0) is 71.8 Å². The van der Waals surface area contributed by atoms with Crippen LogP contribution in [0, 0.1) is 22.7 Å². The standard InChI is InChI=1S/C64H102N10O21/c1-61(2,37-62(3,4)34-53(84)85)33-49(77)68-35-38-12-14-40(15-13-38)57(89)73-46(60(92)93)20-24-48(76)70-44(22-26-51(80)81)58(90)72-45(23-27-52(82)83)59(91)71-42(21-25-50(78)79)54(86)64(7,8)69-29-30-94-31-32-95-36-47(75)63(5,6)74-43(55(66)87)11-9-10-28-67-56(88)39-16-18-41(65)19-17-39/h16-19,38,40,42-46,69,74H,9-15,20-37,65H2,1-8H3,(H2,66,87)(H,67,88)(H,68,77)(H,70,76)(H,71,91)(H,72,90)(H,73,89)(H,78,79)(H,80,81)(H,82,83)(H,84,85)(H,92,93). The van der Waals surface area contributed by atoms with Crippen LogP contribution in [0.5, 0.6) is 0 Å². The molecular formula is C64H102N10O21. The van der Waals surface area contributed by atoms with Crippen molar-refractivity contribution in [1.29, 1.82) is 0 Å². The molecule has 0 saturated heterocycles. The van der Waals surface area contributed by atoms with Crippen LogP contribution in [0.4, 0.5) is 5.69 Å². The second-order valence-electron chi connectivity index (χ2n) is 26.9. The molecule has 0 heterocycles. The molecule has 1 saturated carbocycles. The van der Waals surface area contributed by atoms with E-state index >= 15 is 0 Å². The molecule has 95 heavy (non-hydrogen) atoms. The van der Waals surface area contributed by atoms with Gasteiger partial charge in [-0.2, -0.15) is 0 Å². The zero-order valence-electron chi connectivity index (χ0n) is 56.0. The second kappa shape index (κ2) is 40.3. The van der Waals surface area contributed by atoms with Gasteiger partial charge in [0.05, 0.1) is 49.4 Å². The third-order valence-electron chi connectivity index (χ3n) is 16.2. The normalized spacial score (nSPS) is 15.9. The number of unbranched alkanes of at least 4 members (excludes halogenated alkanes) is 1. The molecule has 0 spiro atoms. The molecule has 31 nitrogen and oxygen atoms in total. The lowest BCUT2D eigenvalue weighted by molar-refractivity contribution is -0.143. The molecule has 1 aliphatic carbocycles. The lowest BCUT2D eigenvalue weighted by Crippen LogP contribution is -2.60. The Hall–Kier alpha value is -8.16. The van der Waals surface area contributed by atoms with Crippen LogP contribution in [0.15, 0.2) is 24.3 Å². The van der Waals surface area contributed by atoms with E-state index in [0.29, 0.717) is 75.7 Å². The highest BCUT2D eigenvalue weighted by Gasteiger charge is 2.39. The number of carboxylic acid groups (broad SMARTS) is 5. The van der Waals surface area contributed by atoms with Gasteiger partial charge < -0.3 is 83.7 Å². The van der Waals surface area contributed by atoms with Gasteiger partial charge in [0, 0.05) is 68.9 Å². The van der Waals surface area contributed by atoms with Crippen molar-refractivity contribution in [2.75, 3.05) is 51.8 Å². The third-order valence-corrected chi connectivity index (χ3v) is 16.2. The zero-order chi connectivity index (χ0) is 71.9. The number of ether oxygens (including phenoxy) is 2. The summed E-state index contributed by atoms with van der Waals surface area (Å²) in [7, 11) is 0.